The quantitative estimate of drug-likeness (QED) is 0.751. The highest BCUT2D eigenvalue weighted by molar-refractivity contribution is 5.87. The molecule has 1 atom stereocenters. The molecule has 1 unspecified atom stereocenters. The Morgan fingerprint density at radius 3 is 2.95 bits per heavy atom. The molecule has 1 aliphatic heterocycles. The van der Waals surface area contributed by atoms with E-state index in [0.717, 1.165) is 25.1 Å². The van der Waals surface area contributed by atoms with E-state index in [0.29, 0.717) is 19.1 Å². The molecule has 0 bridgehead atoms. The van der Waals surface area contributed by atoms with Crippen molar-refractivity contribution in [1.82, 2.24) is 5.32 Å². The van der Waals surface area contributed by atoms with Crippen molar-refractivity contribution in [3.05, 3.63) is 29.8 Å². The highest BCUT2D eigenvalue weighted by Crippen LogP contribution is 2.24. The molecule has 2 N–H and O–H groups in total. The number of para-hydroxylation sites is 1. The first-order valence-corrected chi connectivity index (χ1v) is 7.36. The van der Waals surface area contributed by atoms with Crippen LogP contribution in [0.3, 0.4) is 0 Å². The van der Waals surface area contributed by atoms with E-state index in [2.05, 4.69) is 30.5 Å². The Morgan fingerprint density at radius 1 is 1.40 bits per heavy atom. The average Bonchev–Trinajstić information content (AvgIpc) is 2.86. The SMILES string of the molecule is CC(C)CCOCCNC(=O)C1Cc2ccccc2N1. The standard InChI is InChI=1S/C16H24N2O2/c1-12(2)7-9-20-10-8-17-16(19)15-11-13-5-3-4-6-14(13)18-15/h3-6,12,15,18H,7-11H2,1-2H3,(H,17,19). The molecule has 110 valence electrons. The van der Waals surface area contributed by atoms with Gasteiger partial charge in [0.1, 0.15) is 6.04 Å². The molecule has 1 amide bonds. The van der Waals surface area contributed by atoms with Crippen LogP contribution in [0.5, 0.6) is 0 Å². The maximum atomic E-state index is 12.0. The number of anilines is 1. The Hall–Kier alpha value is -1.55. The summed E-state index contributed by atoms with van der Waals surface area (Å²) >= 11 is 0. The van der Waals surface area contributed by atoms with Gasteiger partial charge in [0.15, 0.2) is 0 Å². The number of ether oxygens (including phenoxy) is 1. The monoisotopic (exact) mass is 276 g/mol. The molecule has 1 heterocycles. The number of rotatable bonds is 7. The summed E-state index contributed by atoms with van der Waals surface area (Å²) in [6, 6.07) is 7.91. The number of benzene rings is 1. The second-order valence-electron chi connectivity index (χ2n) is 5.64. The summed E-state index contributed by atoms with van der Waals surface area (Å²) in [5.41, 5.74) is 2.28. The van der Waals surface area contributed by atoms with E-state index in [1.165, 1.54) is 5.56 Å². The van der Waals surface area contributed by atoms with E-state index in [1.54, 1.807) is 0 Å². The van der Waals surface area contributed by atoms with E-state index in [4.69, 9.17) is 4.74 Å². The predicted octanol–water partition coefficient (Wildman–Crippen LogP) is 2.20. The Bertz CT molecular complexity index is 421. The Labute approximate surface area is 120 Å². The van der Waals surface area contributed by atoms with Gasteiger partial charge in [0.2, 0.25) is 5.91 Å². The van der Waals surface area contributed by atoms with E-state index in [-0.39, 0.29) is 11.9 Å². The van der Waals surface area contributed by atoms with Crippen molar-refractivity contribution in [2.45, 2.75) is 32.7 Å². The van der Waals surface area contributed by atoms with E-state index in [1.807, 2.05) is 18.2 Å². The van der Waals surface area contributed by atoms with Crippen molar-refractivity contribution < 1.29 is 9.53 Å². The third kappa shape index (κ3) is 4.23. The van der Waals surface area contributed by atoms with E-state index >= 15 is 0 Å². The van der Waals surface area contributed by atoms with Crippen LogP contribution in [0, 0.1) is 5.92 Å². The van der Waals surface area contributed by atoms with Gasteiger partial charge in [-0.25, -0.2) is 0 Å². The number of nitrogens with one attached hydrogen (secondary N) is 2. The highest BCUT2D eigenvalue weighted by Gasteiger charge is 2.25. The molecule has 20 heavy (non-hydrogen) atoms. The van der Waals surface area contributed by atoms with Crippen molar-refractivity contribution in [2.24, 2.45) is 5.92 Å². The third-order valence-electron chi connectivity index (χ3n) is 3.47. The molecule has 0 fully saturated rings. The minimum Gasteiger partial charge on any atom is -0.380 e. The molecule has 1 aliphatic rings. The molecule has 1 aromatic carbocycles. The average molecular weight is 276 g/mol. The number of carbonyl (C=O) groups excluding carboxylic acids is 1. The number of carbonyl (C=O) groups is 1. The zero-order chi connectivity index (χ0) is 14.4. The Balaban J connectivity index is 1.62. The normalized spacial score (nSPS) is 16.9. The fraction of sp³-hybridized carbons (Fsp3) is 0.562. The summed E-state index contributed by atoms with van der Waals surface area (Å²) in [5, 5.41) is 6.17. The fourth-order valence-corrected chi connectivity index (χ4v) is 2.25. The van der Waals surface area contributed by atoms with Crippen molar-refractivity contribution >= 4 is 11.6 Å². The largest absolute Gasteiger partial charge is 0.380 e. The van der Waals surface area contributed by atoms with Crippen LogP contribution >= 0.6 is 0 Å². The molecule has 4 heteroatoms. The van der Waals surface area contributed by atoms with E-state index in [9.17, 15) is 4.79 Å². The summed E-state index contributed by atoms with van der Waals surface area (Å²) in [5.74, 6) is 0.708. The first-order valence-electron chi connectivity index (χ1n) is 7.36. The minimum atomic E-state index is -0.150. The smallest absolute Gasteiger partial charge is 0.242 e. The molecular weight excluding hydrogens is 252 g/mol. The first-order chi connectivity index (χ1) is 9.66. The van der Waals surface area contributed by atoms with Gasteiger partial charge in [-0.15, -0.1) is 0 Å². The van der Waals surface area contributed by atoms with Gasteiger partial charge >= 0.3 is 0 Å². The van der Waals surface area contributed by atoms with Gasteiger partial charge in [-0.05, 0) is 24.0 Å². The molecule has 0 aliphatic carbocycles. The number of hydrogen-bond acceptors (Lipinski definition) is 3. The van der Waals surface area contributed by atoms with Crippen molar-refractivity contribution in [3.63, 3.8) is 0 Å². The third-order valence-corrected chi connectivity index (χ3v) is 3.47. The van der Waals surface area contributed by atoms with Crippen molar-refractivity contribution in [2.75, 3.05) is 25.1 Å². The zero-order valence-electron chi connectivity index (χ0n) is 12.3. The predicted molar refractivity (Wildman–Crippen MR) is 80.8 cm³/mol. The van der Waals surface area contributed by atoms with Gasteiger partial charge in [-0.3, -0.25) is 4.79 Å². The lowest BCUT2D eigenvalue weighted by Gasteiger charge is -2.12. The lowest BCUT2D eigenvalue weighted by Crippen LogP contribution is -2.39. The van der Waals surface area contributed by atoms with Gasteiger partial charge in [0.05, 0.1) is 6.61 Å². The van der Waals surface area contributed by atoms with Gasteiger partial charge in [-0.2, -0.15) is 0 Å². The molecule has 0 saturated carbocycles. The summed E-state index contributed by atoms with van der Waals surface area (Å²) in [6.45, 7) is 6.27. The highest BCUT2D eigenvalue weighted by atomic mass is 16.5. The molecule has 4 nitrogen and oxygen atoms in total. The molecule has 1 aromatic rings. The second kappa shape index (κ2) is 7.29. The van der Waals surface area contributed by atoms with Crippen LogP contribution in [-0.2, 0) is 16.0 Å². The molecule has 0 saturated heterocycles. The molecular formula is C16H24N2O2. The van der Waals surface area contributed by atoms with Crippen LogP contribution in [0.1, 0.15) is 25.8 Å². The van der Waals surface area contributed by atoms with Gasteiger partial charge in [0, 0.05) is 25.3 Å². The summed E-state index contributed by atoms with van der Waals surface area (Å²) < 4.78 is 5.48. The molecule has 0 aromatic heterocycles. The van der Waals surface area contributed by atoms with Crippen LogP contribution in [0.2, 0.25) is 0 Å². The number of amides is 1. The number of hydrogen-bond donors (Lipinski definition) is 2. The Kier molecular flexibility index (Phi) is 5.41. The summed E-state index contributed by atoms with van der Waals surface area (Å²) in [7, 11) is 0. The summed E-state index contributed by atoms with van der Waals surface area (Å²) in [4.78, 5) is 12.0. The number of fused-ring (bicyclic) bond motifs is 1. The van der Waals surface area contributed by atoms with Crippen LogP contribution in [0.25, 0.3) is 0 Å². The second-order valence-corrected chi connectivity index (χ2v) is 5.64. The Morgan fingerprint density at radius 2 is 2.20 bits per heavy atom. The van der Waals surface area contributed by atoms with Gasteiger partial charge in [0.25, 0.3) is 0 Å². The maximum Gasteiger partial charge on any atom is 0.242 e. The van der Waals surface area contributed by atoms with Gasteiger partial charge < -0.3 is 15.4 Å². The van der Waals surface area contributed by atoms with Crippen molar-refractivity contribution in [3.8, 4) is 0 Å². The minimum absolute atomic E-state index is 0.0497. The van der Waals surface area contributed by atoms with Crippen LogP contribution in [0.15, 0.2) is 24.3 Å². The van der Waals surface area contributed by atoms with Crippen LogP contribution < -0.4 is 10.6 Å². The van der Waals surface area contributed by atoms with Crippen molar-refractivity contribution in [1.29, 1.82) is 0 Å². The molecule has 2 rings (SSSR count). The topological polar surface area (TPSA) is 50.4 Å². The molecule has 0 spiro atoms. The van der Waals surface area contributed by atoms with Crippen LogP contribution in [0.4, 0.5) is 5.69 Å². The lowest BCUT2D eigenvalue weighted by atomic mass is 10.1. The van der Waals surface area contributed by atoms with Gasteiger partial charge in [-0.1, -0.05) is 32.0 Å². The summed E-state index contributed by atoms with van der Waals surface area (Å²) in [6.07, 6.45) is 1.82. The fourth-order valence-electron chi connectivity index (χ4n) is 2.25. The molecule has 0 radical (unpaired) electrons. The maximum absolute atomic E-state index is 12.0. The van der Waals surface area contributed by atoms with Crippen LogP contribution in [-0.4, -0.2) is 31.7 Å². The zero-order valence-corrected chi connectivity index (χ0v) is 12.3. The first kappa shape index (κ1) is 14.9. The van der Waals surface area contributed by atoms with E-state index < -0.39 is 0 Å². The lowest BCUT2D eigenvalue weighted by molar-refractivity contribution is -0.121.